The van der Waals surface area contributed by atoms with Gasteiger partial charge in [-0.05, 0) is 62.3 Å². The molecule has 2 aromatic rings. The molecule has 1 amide bonds. The highest BCUT2D eigenvalue weighted by Crippen LogP contribution is 2.29. The average Bonchev–Trinajstić information content (AvgIpc) is 3.06. The lowest BCUT2D eigenvalue weighted by Crippen LogP contribution is -2.43. The number of rotatable bonds is 7. The van der Waals surface area contributed by atoms with E-state index in [1.807, 2.05) is 31.2 Å². The molecule has 5 nitrogen and oxygen atoms in total. The zero-order valence-corrected chi connectivity index (χ0v) is 17.5. The van der Waals surface area contributed by atoms with Crippen LogP contribution in [0.2, 0.25) is 0 Å². The van der Waals surface area contributed by atoms with Crippen molar-refractivity contribution in [2.75, 3.05) is 7.11 Å². The summed E-state index contributed by atoms with van der Waals surface area (Å²) in [6.07, 6.45) is 5.64. The number of carbonyl (C=O) groups excluding carboxylic acids is 1. The predicted molar refractivity (Wildman–Crippen MR) is 110 cm³/mol. The summed E-state index contributed by atoms with van der Waals surface area (Å²) in [6.45, 7) is 6.48. The van der Waals surface area contributed by atoms with Crippen LogP contribution in [0.15, 0.2) is 28.7 Å². The van der Waals surface area contributed by atoms with Crippen LogP contribution in [0.5, 0.6) is 5.75 Å². The Morgan fingerprint density at radius 3 is 2.71 bits per heavy atom. The van der Waals surface area contributed by atoms with E-state index in [-0.39, 0.29) is 5.91 Å². The van der Waals surface area contributed by atoms with E-state index in [1.54, 1.807) is 7.11 Å². The molecule has 0 bridgehead atoms. The summed E-state index contributed by atoms with van der Waals surface area (Å²) in [4.78, 5) is 17.0. The molecule has 3 atom stereocenters. The third-order valence-corrected chi connectivity index (χ3v) is 6.10. The van der Waals surface area contributed by atoms with E-state index in [4.69, 9.17) is 9.15 Å². The van der Waals surface area contributed by atoms with Gasteiger partial charge < -0.3 is 14.5 Å². The molecule has 1 saturated carbocycles. The van der Waals surface area contributed by atoms with Gasteiger partial charge in [0, 0.05) is 18.0 Å². The lowest BCUT2D eigenvalue weighted by molar-refractivity contribution is -0.122. The van der Waals surface area contributed by atoms with Crippen molar-refractivity contribution in [1.29, 1.82) is 0 Å². The Morgan fingerprint density at radius 1 is 1.25 bits per heavy atom. The summed E-state index contributed by atoms with van der Waals surface area (Å²) in [6, 6.07) is 7.99. The van der Waals surface area contributed by atoms with Gasteiger partial charge in [0.05, 0.1) is 12.8 Å². The quantitative estimate of drug-likeness (QED) is 0.736. The standard InChI is InChI=1S/C23H32N2O3/c1-15-7-5-8-20(16(15)2)24-22(26)10-6-9-21-17(3)28-23(25-21)18-11-13-19(27-4)14-12-18/h11-16,20H,5-10H2,1-4H3,(H,24,26). The third-order valence-electron chi connectivity index (χ3n) is 6.10. The number of carbonyl (C=O) groups is 1. The minimum absolute atomic E-state index is 0.155. The molecule has 1 aromatic heterocycles. The molecule has 0 aliphatic heterocycles. The van der Waals surface area contributed by atoms with Crippen molar-refractivity contribution in [2.45, 2.75) is 65.3 Å². The molecular weight excluding hydrogens is 352 g/mol. The van der Waals surface area contributed by atoms with Gasteiger partial charge in [-0.15, -0.1) is 0 Å². The molecule has 0 radical (unpaired) electrons. The molecule has 28 heavy (non-hydrogen) atoms. The number of oxazole rings is 1. The Balaban J connectivity index is 1.50. The first-order chi connectivity index (χ1) is 13.5. The van der Waals surface area contributed by atoms with E-state index in [0.29, 0.717) is 30.2 Å². The molecule has 1 heterocycles. The molecule has 5 heteroatoms. The van der Waals surface area contributed by atoms with Crippen molar-refractivity contribution in [3.8, 4) is 17.2 Å². The Labute approximate surface area is 167 Å². The van der Waals surface area contributed by atoms with Crippen molar-refractivity contribution in [3.63, 3.8) is 0 Å². The highest BCUT2D eigenvalue weighted by molar-refractivity contribution is 5.76. The second kappa shape index (κ2) is 9.26. The first-order valence-corrected chi connectivity index (χ1v) is 10.4. The van der Waals surface area contributed by atoms with Crippen molar-refractivity contribution < 1.29 is 13.9 Å². The Morgan fingerprint density at radius 2 is 2.00 bits per heavy atom. The topological polar surface area (TPSA) is 64.4 Å². The normalized spacial score (nSPS) is 22.1. The summed E-state index contributed by atoms with van der Waals surface area (Å²) >= 11 is 0. The van der Waals surface area contributed by atoms with Crippen LogP contribution in [0, 0.1) is 18.8 Å². The summed E-state index contributed by atoms with van der Waals surface area (Å²) in [5.41, 5.74) is 1.85. The van der Waals surface area contributed by atoms with Crippen LogP contribution < -0.4 is 10.1 Å². The SMILES string of the molecule is COc1ccc(-c2nc(CCCC(=O)NC3CCCC(C)C3C)c(C)o2)cc1. The van der Waals surface area contributed by atoms with Crippen LogP contribution in [0.4, 0.5) is 0 Å². The van der Waals surface area contributed by atoms with Crippen molar-refractivity contribution in [2.24, 2.45) is 11.8 Å². The zero-order valence-electron chi connectivity index (χ0n) is 17.5. The second-order valence-electron chi connectivity index (χ2n) is 8.05. The van der Waals surface area contributed by atoms with E-state index < -0.39 is 0 Å². The summed E-state index contributed by atoms with van der Waals surface area (Å²) in [7, 11) is 1.65. The molecule has 1 aliphatic rings. The van der Waals surface area contributed by atoms with Crippen molar-refractivity contribution in [3.05, 3.63) is 35.7 Å². The summed E-state index contributed by atoms with van der Waals surface area (Å²) in [5.74, 6) is 3.64. The summed E-state index contributed by atoms with van der Waals surface area (Å²) < 4.78 is 11.0. The maximum Gasteiger partial charge on any atom is 0.226 e. The number of aryl methyl sites for hydroxylation is 2. The van der Waals surface area contributed by atoms with Gasteiger partial charge in [-0.25, -0.2) is 4.98 Å². The Bertz CT molecular complexity index is 782. The van der Waals surface area contributed by atoms with Crippen molar-refractivity contribution >= 4 is 5.91 Å². The van der Waals surface area contributed by atoms with Gasteiger partial charge in [0.25, 0.3) is 0 Å². The number of methoxy groups -OCH3 is 1. The largest absolute Gasteiger partial charge is 0.497 e. The molecule has 152 valence electrons. The van der Waals surface area contributed by atoms with Crippen molar-refractivity contribution in [1.82, 2.24) is 10.3 Å². The number of hydrogen-bond acceptors (Lipinski definition) is 4. The van der Waals surface area contributed by atoms with Crippen LogP contribution in [0.25, 0.3) is 11.5 Å². The first-order valence-electron chi connectivity index (χ1n) is 10.4. The van der Waals surface area contributed by atoms with Gasteiger partial charge in [-0.1, -0.05) is 26.7 Å². The van der Waals surface area contributed by atoms with E-state index in [1.165, 1.54) is 12.8 Å². The maximum absolute atomic E-state index is 12.4. The molecule has 1 N–H and O–H groups in total. The second-order valence-corrected chi connectivity index (χ2v) is 8.05. The number of nitrogens with one attached hydrogen (secondary N) is 1. The minimum Gasteiger partial charge on any atom is -0.497 e. The highest BCUT2D eigenvalue weighted by atomic mass is 16.5. The van der Waals surface area contributed by atoms with Gasteiger partial charge in [0.1, 0.15) is 11.5 Å². The fraction of sp³-hybridized carbons (Fsp3) is 0.565. The van der Waals surface area contributed by atoms with Gasteiger partial charge >= 0.3 is 0 Å². The highest BCUT2D eigenvalue weighted by Gasteiger charge is 2.27. The first kappa shape index (κ1) is 20.4. The molecule has 3 unspecified atom stereocenters. The number of benzene rings is 1. The minimum atomic E-state index is 0.155. The monoisotopic (exact) mass is 384 g/mol. The summed E-state index contributed by atoms with van der Waals surface area (Å²) in [5, 5.41) is 3.25. The maximum atomic E-state index is 12.4. The van der Waals surface area contributed by atoms with Crippen LogP contribution in [0.3, 0.4) is 0 Å². The number of amides is 1. The molecular formula is C23H32N2O3. The number of aromatic nitrogens is 1. The smallest absolute Gasteiger partial charge is 0.226 e. The van der Waals surface area contributed by atoms with Gasteiger partial charge in [0.2, 0.25) is 11.8 Å². The van der Waals surface area contributed by atoms with E-state index in [0.717, 1.165) is 42.0 Å². The lowest BCUT2D eigenvalue weighted by atomic mass is 9.78. The molecule has 1 aliphatic carbocycles. The fourth-order valence-corrected chi connectivity index (χ4v) is 4.00. The molecule has 1 aromatic carbocycles. The predicted octanol–water partition coefficient (Wildman–Crippen LogP) is 4.92. The van der Waals surface area contributed by atoms with Gasteiger partial charge in [0.15, 0.2) is 0 Å². The Kier molecular flexibility index (Phi) is 6.76. The van der Waals surface area contributed by atoms with Crippen LogP contribution in [-0.4, -0.2) is 24.0 Å². The number of ether oxygens (including phenoxy) is 1. The third kappa shape index (κ3) is 4.94. The number of nitrogens with zero attached hydrogens (tertiary/aromatic N) is 1. The zero-order chi connectivity index (χ0) is 20.1. The Hall–Kier alpha value is -2.30. The van der Waals surface area contributed by atoms with Gasteiger partial charge in [-0.3, -0.25) is 4.79 Å². The lowest BCUT2D eigenvalue weighted by Gasteiger charge is -2.34. The van der Waals surface area contributed by atoms with Gasteiger partial charge in [-0.2, -0.15) is 0 Å². The van der Waals surface area contributed by atoms with E-state index in [9.17, 15) is 4.79 Å². The van der Waals surface area contributed by atoms with E-state index in [2.05, 4.69) is 24.1 Å². The van der Waals surface area contributed by atoms with Crippen LogP contribution in [0.1, 0.15) is 57.4 Å². The number of hydrogen-bond donors (Lipinski definition) is 1. The molecule has 3 rings (SSSR count). The molecule has 0 saturated heterocycles. The van der Waals surface area contributed by atoms with Crippen LogP contribution in [-0.2, 0) is 11.2 Å². The fourth-order valence-electron chi connectivity index (χ4n) is 4.00. The average molecular weight is 385 g/mol. The molecule has 1 fully saturated rings. The van der Waals surface area contributed by atoms with Crippen LogP contribution >= 0.6 is 0 Å². The van der Waals surface area contributed by atoms with E-state index >= 15 is 0 Å². The molecule has 0 spiro atoms.